The normalized spacial score (nSPS) is 27.0. The van der Waals surface area contributed by atoms with Crippen molar-refractivity contribution in [2.45, 2.75) is 58.9 Å². The average molecular weight is 296 g/mol. The van der Waals surface area contributed by atoms with Crippen LogP contribution in [0.15, 0.2) is 0 Å². The summed E-state index contributed by atoms with van der Waals surface area (Å²) in [6, 6.07) is 0.482. The summed E-state index contributed by atoms with van der Waals surface area (Å²) in [5.41, 5.74) is -0.770. The fourth-order valence-electron chi connectivity index (χ4n) is 3.61. The minimum atomic E-state index is -0.770. The lowest BCUT2D eigenvalue weighted by molar-refractivity contribution is -0.151. The van der Waals surface area contributed by atoms with Crippen molar-refractivity contribution < 1.29 is 14.7 Å². The zero-order valence-electron chi connectivity index (χ0n) is 13.5. The molecule has 2 aliphatic rings. The van der Waals surface area contributed by atoms with E-state index in [-0.39, 0.29) is 11.9 Å². The van der Waals surface area contributed by atoms with Crippen molar-refractivity contribution in [3.05, 3.63) is 0 Å². The summed E-state index contributed by atoms with van der Waals surface area (Å²) in [5.74, 6) is -0.732. The average Bonchev–Trinajstić information content (AvgIpc) is 2.94. The molecule has 2 unspecified atom stereocenters. The van der Waals surface area contributed by atoms with Crippen LogP contribution in [-0.2, 0) is 4.79 Å². The first kappa shape index (κ1) is 16.1. The number of aliphatic carboxylic acids is 1. The molecule has 2 aliphatic heterocycles. The number of likely N-dealkylation sites (tertiary alicyclic amines) is 2. The van der Waals surface area contributed by atoms with Crippen LogP contribution in [0.1, 0.15) is 52.9 Å². The summed E-state index contributed by atoms with van der Waals surface area (Å²) in [5, 5.41) is 9.40. The van der Waals surface area contributed by atoms with Crippen LogP contribution in [0.3, 0.4) is 0 Å². The second-order valence-electron chi connectivity index (χ2n) is 6.99. The number of amides is 2. The van der Waals surface area contributed by atoms with Crippen LogP contribution in [0.4, 0.5) is 4.79 Å². The molecule has 2 amide bonds. The monoisotopic (exact) mass is 296 g/mol. The van der Waals surface area contributed by atoms with Crippen molar-refractivity contribution in [3.8, 4) is 0 Å². The van der Waals surface area contributed by atoms with E-state index in [0.717, 1.165) is 45.2 Å². The zero-order valence-corrected chi connectivity index (χ0v) is 13.5. The third-order valence-corrected chi connectivity index (χ3v) is 5.36. The maximum absolute atomic E-state index is 12.7. The minimum absolute atomic E-state index is 0.0374. The van der Waals surface area contributed by atoms with Gasteiger partial charge in [0.25, 0.3) is 0 Å². The number of hydrogen-bond donors (Lipinski definition) is 1. The third kappa shape index (κ3) is 3.16. The lowest BCUT2D eigenvalue weighted by Gasteiger charge is -2.41. The molecule has 5 heteroatoms. The van der Waals surface area contributed by atoms with E-state index in [1.807, 2.05) is 9.80 Å². The number of nitrogens with zero attached hydrogens (tertiary/aromatic N) is 2. The Bertz CT molecular complexity index is 408. The van der Waals surface area contributed by atoms with Crippen LogP contribution >= 0.6 is 0 Å². The minimum Gasteiger partial charge on any atom is -0.481 e. The van der Waals surface area contributed by atoms with Crippen LogP contribution in [-0.4, -0.2) is 52.6 Å². The second-order valence-corrected chi connectivity index (χ2v) is 6.99. The molecule has 0 aliphatic carbocycles. The molecule has 2 saturated heterocycles. The molecule has 5 nitrogen and oxygen atoms in total. The highest BCUT2D eigenvalue weighted by molar-refractivity contribution is 5.76. The van der Waals surface area contributed by atoms with E-state index in [9.17, 15) is 14.7 Å². The van der Waals surface area contributed by atoms with Gasteiger partial charge < -0.3 is 14.9 Å². The number of carboxylic acid groups (broad SMARTS) is 1. The van der Waals surface area contributed by atoms with E-state index in [4.69, 9.17) is 0 Å². The predicted molar refractivity (Wildman–Crippen MR) is 81.1 cm³/mol. The van der Waals surface area contributed by atoms with Gasteiger partial charge in [-0.25, -0.2) is 4.79 Å². The molecule has 0 spiro atoms. The summed E-state index contributed by atoms with van der Waals surface area (Å²) in [6.07, 6.45) is 4.98. The van der Waals surface area contributed by atoms with Crippen molar-refractivity contribution in [2.75, 3.05) is 19.6 Å². The fraction of sp³-hybridized carbons (Fsp3) is 0.875. The molecule has 2 atom stereocenters. The third-order valence-electron chi connectivity index (χ3n) is 5.36. The number of piperidine rings is 1. The maximum Gasteiger partial charge on any atom is 0.320 e. The van der Waals surface area contributed by atoms with Crippen LogP contribution < -0.4 is 0 Å². The van der Waals surface area contributed by atoms with Gasteiger partial charge in [-0.05, 0) is 51.9 Å². The van der Waals surface area contributed by atoms with Gasteiger partial charge in [0.2, 0.25) is 0 Å². The number of urea groups is 1. The lowest BCUT2D eigenvalue weighted by Crippen LogP contribution is -2.52. The fourth-order valence-corrected chi connectivity index (χ4v) is 3.61. The molecule has 2 fully saturated rings. The van der Waals surface area contributed by atoms with Crippen LogP contribution in [0.2, 0.25) is 0 Å². The quantitative estimate of drug-likeness (QED) is 0.871. The number of carbonyl (C=O) groups is 2. The number of carboxylic acids is 1. The molecular formula is C16H28N2O3. The molecule has 1 N–H and O–H groups in total. The highest BCUT2D eigenvalue weighted by atomic mass is 16.4. The highest BCUT2D eigenvalue weighted by Crippen LogP contribution is 2.35. The summed E-state index contributed by atoms with van der Waals surface area (Å²) in [6.45, 7) is 7.87. The van der Waals surface area contributed by atoms with Gasteiger partial charge in [-0.15, -0.1) is 0 Å². The Kier molecular flexibility index (Phi) is 4.79. The highest BCUT2D eigenvalue weighted by Gasteiger charge is 2.41. The molecule has 0 aromatic carbocycles. The molecular weight excluding hydrogens is 268 g/mol. The molecule has 2 rings (SSSR count). The largest absolute Gasteiger partial charge is 0.481 e. The molecule has 120 valence electrons. The van der Waals surface area contributed by atoms with Gasteiger partial charge in [-0.3, -0.25) is 4.79 Å². The molecule has 0 saturated carbocycles. The summed E-state index contributed by atoms with van der Waals surface area (Å²) in [7, 11) is 0. The van der Waals surface area contributed by atoms with Crippen LogP contribution in [0.5, 0.6) is 0 Å². The summed E-state index contributed by atoms with van der Waals surface area (Å²) >= 11 is 0. The van der Waals surface area contributed by atoms with Crippen molar-refractivity contribution in [3.63, 3.8) is 0 Å². The van der Waals surface area contributed by atoms with E-state index in [2.05, 4.69) is 6.92 Å². The van der Waals surface area contributed by atoms with E-state index >= 15 is 0 Å². The van der Waals surface area contributed by atoms with Crippen molar-refractivity contribution in [1.29, 1.82) is 0 Å². The van der Waals surface area contributed by atoms with E-state index < -0.39 is 11.4 Å². The van der Waals surface area contributed by atoms with Crippen LogP contribution in [0, 0.1) is 11.3 Å². The maximum atomic E-state index is 12.7. The van der Waals surface area contributed by atoms with Gasteiger partial charge in [0.15, 0.2) is 0 Å². The molecule has 0 aromatic rings. The van der Waals surface area contributed by atoms with Gasteiger partial charge in [-0.1, -0.05) is 6.92 Å². The first-order chi connectivity index (χ1) is 9.87. The summed E-state index contributed by atoms with van der Waals surface area (Å²) in [4.78, 5) is 28.0. The van der Waals surface area contributed by atoms with Gasteiger partial charge in [0, 0.05) is 25.7 Å². The number of rotatable bonds is 3. The lowest BCUT2D eigenvalue weighted by atomic mass is 9.74. The molecule has 0 aromatic heterocycles. The first-order valence-corrected chi connectivity index (χ1v) is 8.16. The molecule has 2 heterocycles. The second kappa shape index (κ2) is 6.24. The summed E-state index contributed by atoms with van der Waals surface area (Å²) < 4.78 is 0. The number of hydrogen-bond acceptors (Lipinski definition) is 2. The van der Waals surface area contributed by atoms with Crippen LogP contribution in [0.25, 0.3) is 0 Å². The standard InChI is InChI=1S/C16H28N2O3/c1-4-13-8-6-10-18(13)15(21)17-9-5-7-12(11-17)16(2,3)14(19)20/h12-13H,4-11H2,1-3H3,(H,19,20). The van der Waals surface area contributed by atoms with E-state index in [1.54, 1.807) is 13.8 Å². The Labute approximate surface area is 127 Å². The molecule has 21 heavy (non-hydrogen) atoms. The van der Waals surface area contributed by atoms with Gasteiger partial charge in [0.1, 0.15) is 0 Å². The molecule has 0 radical (unpaired) electrons. The molecule has 0 bridgehead atoms. The zero-order chi connectivity index (χ0) is 15.6. The smallest absolute Gasteiger partial charge is 0.320 e. The van der Waals surface area contributed by atoms with Crippen molar-refractivity contribution >= 4 is 12.0 Å². The number of carbonyl (C=O) groups excluding carboxylic acids is 1. The predicted octanol–water partition coefficient (Wildman–Crippen LogP) is 2.80. The first-order valence-electron chi connectivity index (χ1n) is 8.16. The Morgan fingerprint density at radius 3 is 2.48 bits per heavy atom. The van der Waals surface area contributed by atoms with Crippen molar-refractivity contribution in [1.82, 2.24) is 9.80 Å². The topological polar surface area (TPSA) is 60.9 Å². The Hall–Kier alpha value is -1.26. The Morgan fingerprint density at radius 2 is 1.86 bits per heavy atom. The Balaban J connectivity index is 2.04. The van der Waals surface area contributed by atoms with Gasteiger partial charge in [0.05, 0.1) is 5.41 Å². The van der Waals surface area contributed by atoms with Crippen molar-refractivity contribution in [2.24, 2.45) is 11.3 Å². The van der Waals surface area contributed by atoms with Gasteiger partial charge in [-0.2, -0.15) is 0 Å². The Morgan fingerprint density at radius 1 is 1.19 bits per heavy atom. The van der Waals surface area contributed by atoms with Gasteiger partial charge >= 0.3 is 12.0 Å². The van der Waals surface area contributed by atoms with E-state index in [0.29, 0.717) is 12.6 Å². The van der Waals surface area contributed by atoms with E-state index in [1.165, 1.54) is 0 Å². The SMILES string of the molecule is CCC1CCCN1C(=O)N1CCCC(C(C)(C)C(=O)O)C1.